The average Bonchev–Trinajstić information content (AvgIpc) is 3.06. The molecule has 1 aliphatic rings. The number of pyridine rings is 1. The monoisotopic (exact) mass is 443 g/mol. The van der Waals surface area contributed by atoms with Crippen molar-refractivity contribution in [1.29, 1.82) is 0 Å². The van der Waals surface area contributed by atoms with Crippen LogP contribution in [0.1, 0.15) is 22.8 Å². The number of furan rings is 1. The Balaban J connectivity index is 1.44. The molecule has 0 atom stereocenters. The van der Waals surface area contributed by atoms with E-state index in [-0.39, 0.29) is 12.1 Å². The molecule has 0 amide bonds. The molecule has 10 heteroatoms. The quantitative estimate of drug-likeness (QED) is 0.613. The number of nitrogens with one attached hydrogen (secondary N) is 1. The highest BCUT2D eigenvalue weighted by Crippen LogP contribution is 2.18. The van der Waals surface area contributed by atoms with Crippen molar-refractivity contribution in [3.8, 4) is 11.5 Å². The smallest absolute Gasteiger partial charge is 0.254 e. The van der Waals surface area contributed by atoms with Crippen LogP contribution in [-0.2, 0) is 36.0 Å². The van der Waals surface area contributed by atoms with E-state index in [2.05, 4.69) is 19.9 Å². The molecule has 4 rings (SSSR count). The van der Waals surface area contributed by atoms with Crippen molar-refractivity contribution in [2.24, 2.45) is 0 Å². The summed E-state index contributed by atoms with van der Waals surface area (Å²) in [5.74, 6) is 1.85. The number of rotatable bonds is 6. The molecule has 1 aliphatic heterocycles. The molecule has 0 saturated carbocycles. The van der Waals surface area contributed by atoms with E-state index in [1.165, 1.54) is 17.6 Å². The Morgan fingerprint density at radius 2 is 1.94 bits per heavy atom. The van der Waals surface area contributed by atoms with E-state index in [1.54, 1.807) is 12.3 Å². The zero-order chi connectivity index (χ0) is 22.0. The Morgan fingerprint density at radius 3 is 2.68 bits per heavy atom. The molecule has 0 saturated heterocycles. The van der Waals surface area contributed by atoms with Crippen molar-refractivity contribution in [2.45, 2.75) is 25.9 Å². The molecule has 9 nitrogen and oxygen atoms in total. The van der Waals surface area contributed by atoms with Gasteiger partial charge in [0.05, 0.1) is 25.0 Å². The normalized spacial score (nSPS) is 15.1. The van der Waals surface area contributed by atoms with Crippen LogP contribution >= 0.6 is 0 Å². The van der Waals surface area contributed by atoms with E-state index in [0.29, 0.717) is 43.2 Å². The summed E-state index contributed by atoms with van der Waals surface area (Å²) in [4.78, 5) is 26.7. The van der Waals surface area contributed by atoms with Gasteiger partial charge in [0.2, 0.25) is 10.0 Å². The van der Waals surface area contributed by atoms with E-state index in [1.807, 2.05) is 24.3 Å². The van der Waals surface area contributed by atoms with Gasteiger partial charge in [0.15, 0.2) is 5.82 Å². The third-order valence-electron chi connectivity index (χ3n) is 5.39. The number of fused-ring (bicyclic) bond motifs is 1. The van der Waals surface area contributed by atoms with Gasteiger partial charge in [-0.05, 0) is 30.7 Å². The highest BCUT2D eigenvalue weighted by Gasteiger charge is 2.21. The molecule has 4 heterocycles. The lowest BCUT2D eigenvalue weighted by atomic mass is 10.1. The summed E-state index contributed by atoms with van der Waals surface area (Å²) >= 11 is 0. The molecule has 3 aromatic heterocycles. The molecule has 0 unspecified atom stereocenters. The van der Waals surface area contributed by atoms with E-state index < -0.39 is 10.0 Å². The van der Waals surface area contributed by atoms with Gasteiger partial charge in [-0.25, -0.2) is 13.4 Å². The number of hydrogen-bond acceptors (Lipinski definition) is 7. The maximum Gasteiger partial charge on any atom is 0.254 e. The molecule has 0 radical (unpaired) electrons. The fourth-order valence-electron chi connectivity index (χ4n) is 3.59. The van der Waals surface area contributed by atoms with Crippen LogP contribution in [0, 0.1) is 0 Å². The second-order valence-corrected chi connectivity index (χ2v) is 9.81. The van der Waals surface area contributed by atoms with E-state index >= 15 is 0 Å². The van der Waals surface area contributed by atoms with Crippen molar-refractivity contribution in [2.75, 3.05) is 26.4 Å². The number of hydrogen-bond donors (Lipinski definition) is 1. The first-order chi connectivity index (χ1) is 14.8. The van der Waals surface area contributed by atoms with Gasteiger partial charge < -0.3 is 9.40 Å². The number of H-pyrrole nitrogens is 1. The first kappa shape index (κ1) is 21.4. The fourth-order valence-corrected chi connectivity index (χ4v) is 3.95. The molecule has 0 aromatic carbocycles. The zero-order valence-electron chi connectivity index (χ0n) is 17.5. The predicted molar refractivity (Wildman–Crippen MR) is 116 cm³/mol. The third-order valence-corrected chi connectivity index (χ3v) is 6.65. The van der Waals surface area contributed by atoms with Crippen LogP contribution in [0.25, 0.3) is 11.5 Å². The minimum atomic E-state index is -3.26. The largest absolute Gasteiger partial charge is 0.463 e. The molecular weight excluding hydrogens is 418 g/mol. The summed E-state index contributed by atoms with van der Waals surface area (Å²) in [6, 6.07) is 9.18. The molecule has 0 aliphatic carbocycles. The van der Waals surface area contributed by atoms with Crippen molar-refractivity contribution in [3.05, 3.63) is 69.7 Å². The molecule has 164 valence electrons. The van der Waals surface area contributed by atoms with Gasteiger partial charge in [-0.1, -0.05) is 6.07 Å². The van der Waals surface area contributed by atoms with Crippen molar-refractivity contribution < 1.29 is 12.8 Å². The fraction of sp³-hybridized carbons (Fsp3) is 0.381. The topological polar surface area (TPSA) is 112 Å². The summed E-state index contributed by atoms with van der Waals surface area (Å²) < 4.78 is 30.2. The Bertz CT molecular complexity index is 1220. The maximum absolute atomic E-state index is 12.6. The summed E-state index contributed by atoms with van der Waals surface area (Å²) in [6.45, 7) is 2.23. The summed E-state index contributed by atoms with van der Waals surface area (Å²) in [6.07, 6.45) is 4.10. The molecule has 0 spiro atoms. The van der Waals surface area contributed by atoms with Crippen molar-refractivity contribution in [1.82, 2.24) is 24.2 Å². The lowest BCUT2D eigenvalue weighted by molar-refractivity contribution is 0.249. The van der Waals surface area contributed by atoms with Gasteiger partial charge in [0, 0.05) is 38.3 Å². The third kappa shape index (κ3) is 5.09. The molecular formula is C21H25N5O4S. The van der Waals surface area contributed by atoms with Crippen LogP contribution in [-0.4, -0.2) is 59.0 Å². The van der Waals surface area contributed by atoms with E-state index in [0.717, 1.165) is 23.6 Å². The van der Waals surface area contributed by atoms with Crippen LogP contribution in [0.2, 0.25) is 0 Å². The Hall–Kier alpha value is -2.82. The Morgan fingerprint density at radius 1 is 1.16 bits per heavy atom. The highest BCUT2D eigenvalue weighted by molar-refractivity contribution is 7.88. The van der Waals surface area contributed by atoms with Crippen LogP contribution in [0.5, 0.6) is 0 Å². The molecule has 3 aromatic rings. The summed E-state index contributed by atoms with van der Waals surface area (Å²) in [5.41, 5.74) is 2.06. The van der Waals surface area contributed by atoms with E-state index in [9.17, 15) is 13.2 Å². The number of aromatic nitrogens is 3. The minimum absolute atomic E-state index is 0.114. The van der Waals surface area contributed by atoms with Crippen LogP contribution in [0.15, 0.2) is 45.7 Å². The van der Waals surface area contributed by atoms with Crippen molar-refractivity contribution in [3.63, 3.8) is 0 Å². The average molecular weight is 444 g/mol. The highest BCUT2D eigenvalue weighted by atomic mass is 32.2. The summed E-state index contributed by atoms with van der Waals surface area (Å²) in [5, 5.41) is 0. The van der Waals surface area contributed by atoms with Crippen molar-refractivity contribution >= 4 is 10.0 Å². The molecule has 31 heavy (non-hydrogen) atoms. The standard InChI is InChI=1S/C21H25N5O4S/c1-25(31(2,28)29)13-15-6-7-16(30-15)14-26-11-8-17-18(9-12-26)23-20(24-21(17)27)19-5-3-4-10-22-19/h3-7,10H,8-9,11-14H2,1-2H3,(H,23,24,27). The predicted octanol–water partition coefficient (Wildman–Crippen LogP) is 1.42. The van der Waals surface area contributed by atoms with Gasteiger partial charge >= 0.3 is 0 Å². The lowest BCUT2D eigenvalue weighted by Crippen LogP contribution is -2.26. The minimum Gasteiger partial charge on any atom is -0.463 e. The van der Waals surface area contributed by atoms with Gasteiger partial charge in [0.25, 0.3) is 5.56 Å². The zero-order valence-corrected chi connectivity index (χ0v) is 18.4. The second kappa shape index (κ2) is 8.74. The Labute approximate surface area is 180 Å². The first-order valence-electron chi connectivity index (χ1n) is 10.0. The number of sulfonamides is 1. The van der Waals surface area contributed by atoms with Gasteiger partial charge in [-0.15, -0.1) is 0 Å². The number of aromatic amines is 1. The maximum atomic E-state index is 12.6. The van der Waals surface area contributed by atoms with Gasteiger partial charge in [-0.3, -0.25) is 14.7 Å². The lowest BCUT2D eigenvalue weighted by Gasteiger charge is -2.18. The SMILES string of the molecule is CN(Cc1ccc(CN2CCc3nc(-c4ccccn4)[nH]c(=O)c3CC2)o1)S(C)(=O)=O. The van der Waals surface area contributed by atoms with Gasteiger partial charge in [0.1, 0.15) is 17.2 Å². The Kier molecular flexibility index (Phi) is 6.03. The molecule has 1 N–H and O–H groups in total. The second-order valence-electron chi connectivity index (χ2n) is 7.72. The molecule has 0 fully saturated rings. The van der Waals surface area contributed by atoms with Crippen LogP contribution in [0.4, 0.5) is 0 Å². The van der Waals surface area contributed by atoms with Gasteiger partial charge in [-0.2, -0.15) is 4.31 Å². The first-order valence-corrected chi connectivity index (χ1v) is 11.9. The summed E-state index contributed by atoms with van der Waals surface area (Å²) in [7, 11) is -1.74. The van der Waals surface area contributed by atoms with Crippen LogP contribution in [0.3, 0.4) is 0 Å². The van der Waals surface area contributed by atoms with Crippen LogP contribution < -0.4 is 5.56 Å². The van der Waals surface area contributed by atoms with E-state index in [4.69, 9.17) is 4.42 Å². The number of nitrogens with zero attached hydrogens (tertiary/aromatic N) is 4. The molecule has 0 bridgehead atoms.